The minimum Gasteiger partial charge on any atom is -0.348 e. The van der Waals surface area contributed by atoms with Crippen LogP contribution in [-0.4, -0.2) is 49.4 Å². The monoisotopic (exact) mass is 255 g/mol. The predicted octanol–water partition coefficient (Wildman–Crippen LogP) is 0.361. The van der Waals surface area contributed by atoms with E-state index in [-0.39, 0.29) is 5.91 Å². The van der Waals surface area contributed by atoms with Gasteiger partial charge in [-0.15, -0.1) is 0 Å². The van der Waals surface area contributed by atoms with Crippen molar-refractivity contribution in [2.75, 3.05) is 32.7 Å². The molecule has 0 aromatic heterocycles. The molecule has 1 aliphatic rings. The van der Waals surface area contributed by atoms with E-state index in [4.69, 9.17) is 0 Å². The summed E-state index contributed by atoms with van der Waals surface area (Å²) in [5.74, 6) is -0.148. The lowest BCUT2D eigenvalue weighted by Crippen LogP contribution is -2.51. The van der Waals surface area contributed by atoms with E-state index in [0.717, 1.165) is 25.9 Å². The number of unbranched alkanes of at least 4 members (excludes halogenated alkanes) is 1. The third kappa shape index (κ3) is 5.49. The summed E-state index contributed by atoms with van der Waals surface area (Å²) < 4.78 is 0. The van der Waals surface area contributed by atoms with Crippen LogP contribution in [0.15, 0.2) is 0 Å². The maximum absolute atomic E-state index is 11.8. The molecule has 0 atom stereocenters. The molecule has 5 nitrogen and oxygen atoms in total. The quantitative estimate of drug-likeness (QED) is 0.551. The first-order valence-corrected chi connectivity index (χ1v) is 6.89. The van der Waals surface area contributed by atoms with Gasteiger partial charge in [-0.05, 0) is 12.3 Å². The van der Waals surface area contributed by atoms with Gasteiger partial charge in [0.25, 0.3) is 0 Å². The van der Waals surface area contributed by atoms with E-state index < -0.39 is 5.91 Å². The molecule has 0 aromatic carbocycles. The number of carbonyl (C=O) groups is 2. The minimum absolute atomic E-state index is 0.389. The van der Waals surface area contributed by atoms with Crippen molar-refractivity contribution >= 4 is 11.8 Å². The summed E-state index contributed by atoms with van der Waals surface area (Å²) in [5.41, 5.74) is 0. The molecule has 5 heteroatoms. The van der Waals surface area contributed by atoms with Crippen LogP contribution < -0.4 is 10.6 Å². The average molecular weight is 255 g/mol. The molecular formula is C13H25N3O2. The molecule has 104 valence electrons. The van der Waals surface area contributed by atoms with Crippen LogP contribution in [0.25, 0.3) is 0 Å². The molecule has 0 aromatic rings. The van der Waals surface area contributed by atoms with Gasteiger partial charge in [0.15, 0.2) is 0 Å². The van der Waals surface area contributed by atoms with Crippen LogP contribution >= 0.6 is 0 Å². The Kier molecular flexibility index (Phi) is 6.72. The summed E-state index contributed by atoms with van der Waals surface area (Å²) in [6.45, 7) is 7.77. The number of piperazine rings is 1. The number of hydrogen-bond acceptors (Lipinski definition) is 3. The summed E-state index contributed by atoms with van der Waals surface area (Å²) in [5, 5.41) is 5.86. The fraction of sp³-hybridized carbons (Fsp3) is 0.846. The molecule has 1 rings (SSSR count). The molecule has 18 heavy (non-hydrogen) atoms. The second kappa shape index (κ2) is 8.08. The highest BCUT2D eigenvalue weighted by atomic mass is 16.2. The van der Waals surface area contributed by atoms with Crippen LogP contribution in [0.1, 0.15) is 33.1 Å². The molecule has 1 fully saturated rings. The smallest absolute Gasteiger partial charge is 0.311 e. The lowest BCUT2D eigenvalue weighted by Gasteiger charge is -2.26. The van der Waals surface area contributed by atoms with Crippen LogP contribution in [0.3, 0.4) is 0 Å². The van der Waals surface area contributed by atoms with Gasteiger partial charge in [0, 0.05) is 32.7 Å². The topological polar surface area (TPSA) is 61.4 Å². The minimum atomic E-state index is -0.457. The zero-order valence-corrected chi connectivity index (χ0v) is 11.5. The first-order valence-electron chi connectivity index (χ1n) is 6.89. The molecule has 0 bridgehead atoms. The zero-order chi connectivity index (χ0) is 13.4. The zero-order valence-electron chi connectivity index (χ0n) is 11.5. The van der Waals surface area contributed by atoms with E-state index in [1.54, 1.807) is 4.90 Å². The Morgan fingerprint density at radius 3 is 2.50 bits per heavy atom. The van der Waals surface area contributed by atoms with Crippen molar-refractivity contribution in [2.45, 2.75) is 33.1 Å². The number of rotatable bonds is 5. The fourth-order valence-corrected chi connectivity index (χ4v) is 1.97. The number of carbonyl (C=O) groups excluding carboxylic acids is 2. The summed E-state index contributed by atoms with van der Waals surface area (Å²) in [7, 11) is 0. The molecule has 0 unspecified atom stereocenters. The summed E-state index contributed by atoms with van der Waals surface area (Å²) >= 11 is 0. The van der Waals surface area contributed by atoms with E-state index in [1.165, 1.54) is 6.42 Å². The van der Waals surface area contributed by atoms with Crippen LogP contribution in [0.2, 0.25) is 0 Å². The Balaban J connectivity index is 2.13. The van der Waals surface area contributed by atoms with Crippen molar-refractivity contribution in [1.29, 1.82) is 0 Å². The first-order chi connectivity index (χ1) is 8.61. The molecule has 0 spiro atoms. The summed E-state index contributed by atoms with van der Waals surface area (Å²) in [6, 6.07) is 0. The van der Waals surface area contributed by atoms with Crippen molar-refractivity contribution in [2.24, 2.45) is 5.92 Å². The predicted molar refractivity (Wildman–Crippen MR) is 71.1 cm³/mol. The van der Waals surface area contributed by atoms with Crippen LogP contribution in [0.4, 0.5) is 0 Å². The lowest BCUT2D eigenvalue weighted by atomic mass is 10.1. The van der Waals surface area contributed by atoms with Crippen molar-refractivity contribution in [3.8, 4) is 0 Å². The van der Waals surface area contributed by atoms with E-state index in [2.05, 4.69) is 24.5 Å². The van der Waals surface area contributed by atoms with E-state index in [1.807, 2.05) is 0 Å². The van der Waals surface area contributed by atoms with Crippen LogP contribution in [0, 0.1) is 5.92 Å². The molecule has 1 aliphatic heterocycles. The highest BCUT2D eigenvalue weighted by Crippen LogP contribution is 2.05. The second-order valence-electron chi connectivity index (χ2n) is 5.19. The Morgan fingerprint density at radius 2 is 1.89 bits per heavy atom. The Labute approximate surface area is 109 Å². The van der Waals surface area contributed by atoms with Gasteiger partial charge in [-0.3, -0.25) is 9.59 Å². The maximum Gasteiger partial charge on any atom is 0.311 e. The maximum atomic E-state index is 11.8. The highest BCUT2D eigenvalue weighted by Gasteiger charge is 2.22. The molecule has 0 radical (unpaired) electrons. The SMILES string of the molecule is CC(C)CCCCNC(=O)C(=O)N1CCNCC1. The van der Waals surface area contributed by atoms with Gasteiger partial charge in [-0.1, -0.05) is 26.7 Å². The second-order valence-corrected chi connectivity index (χ2v) is 5.19. The van der Waals surface area contributed by atoms with Crippen molar-refractivity contribution < 1.29 is 9.59 Å². The number of nitrogens with zero attached hydrogens (tertiary/aromatic N) is 1. The number of hydrogen-bond donors (Lipinski definition) is 2. The first kappa shape index (κ1) is 15.0. The van der Waals surface area contributed by atoms with Crippen molar-refractivity contribution in [3.63, 3.8) is 0 Å². The largest absolute Gasteiger partial charge is 0.348 e. The van der Waals surface area contributed by atoms with Crippen molar-refractivity contribution in [1.82, 2.24) is 15.5 Å². The third-order valence-corrected chi connectivity index (χ3v) is 3.09. The van der Waals surface area contributed by atoms with Gasteiger partial charge in [0.1, 0.15) is 0 Å². The van der Waals surface area contributed by atoms with Gasteiger partial charge in [-0.25, -0.2) is 0 Å². The molecule has 0 aliphatic carbocycles. The molecule has 0 saturated carbocycles. The standard InChI is InChI=1S/C13H25N3O2/c1-11(2)5-3-4-6-15-12(17)13(18)16-9-7-14-8-10-16/h11,14H,3-10H2,1-2H3,(H,15,17). The van der Waals surface area contributed by atoms with Gasteiger partial charge in [-0.2, -0.15) is 0 Å². The van der Waals surface area contributed by atoms with E-state index >= 15 is 0 Å². The summed E-state index contributed by atoms with van der Waals surface area (Å²) in [6.07, 6.45) is 3.21. The normalized spacial score (nSPS) is 15.8. The van der Waals surface area contributed by atoms with Gasteiger partial charge < -0.3 is 15.5 Å². The van der Waals surface area contributed by atoms with Crippen LogP contribution in [0.5, 0.6) is 0 Å². The Morgan fingerprint density at radius 1 is 1.22 bits per heavy atom. The van der Waals surface area contributed by atoms with E-state index in [0.29, 0.717) is 25.6 Å². The average Bonchev–Trinajstić information content (AvgIpc) is 2.38. The Bertz CT molecular complexity index is 273. The Hall–Kier alpha value is -1.10. The molecule has 1 saturated heterocycles. The summed E-state index contributed by atoms with van der Waals surface area (Å²) in [4.78, 5) is 25.0. The molecule has 1 heterocycles. The highest BCUT2D eigenvalue weighted by molar-refractivity contribution is 6.35. The van der Waals surface area contributed by atoms with Gasteiger partial charge >= 0.3 is 11.8 Å². The van der Waals surface area contributed by atoms with Crippen LogP contribution in [-0.2, 0) is 9.59 Å². The van der Waals surface area contributed by atoms with Gasteiger partial charge in [0.05, 0.1) is 0 Å². The van der Waals surface area contributed by atoms with E-state index in [9.17, 15) is 9.59 Å². The van der Waals surface area contributed by atoms with Crippen molar-refractivity contribution in [3.05, 3.63) is 0 Å². The third-order valence-electron chi connectivity index (χ3n) is 3.09. The molecular weight excluding hydrogens is 230 g/mol. The molecule has 2 amide bonds. The number of amides is 2. The van der Waals surface area contributed by atoms with Gasteiger partial charge in [0.2, 0.25) is 0 Å². The molecule has 2 N–H and O–H groups in total. The fourth-order valence-electron chi connectivity index (χ4n) is 1.97. The number of nitrogens with one attached hydrogen (secondary N) is 2. The lowest BCUT2D eigenvalue weighted by molar-refractivity contribution is -0.146.